The number of nitrogens with one attached hydrogen (secondary N) is 1. The molecule has 1 aliphatic rings. The van der Waals surface area contributed by atoms with Crippen molar-refractivity contribution in [3.05, 3.63) is 53.1 Å². The third-order valence-corrected chi connectivity index (χ3v) is 4.67. The van der Waals surface area contributed by atoms with Crippen molar-refractivity contribution in [3.8, 4) is 6.07 Å². The number of rotatable bonds is 3. The summed E-state index contributed by atoms with van der Waals surface area (Å²) in [5.41, 5.74) is -1.24. The number of nitrogens with zero attached hydrogens (tertiary/aromatic N) is 4. The van der Waals surface area contributed by atoms with Gasteiger partial charge in [-0.2, -0.15) is 18.4 Å². The van der Waals surface area contributed by atoms with Gasteiger partial charge < -0.3 is 19.7 Å². The van der Waals surface area contributed by atoms with Crippen LogP contribution >= 0.6 is 0 Å². The second kappa shape index (κ2) is 9.64. The number of hydrogen-bond acceptors (Lipinski definition) is 7. The van der Waals surface area contributed by atoms with Crippen molar-refractivity contribution < 1.29 is 32.2 Å². The first-order valence-electron chi connectivity index (χ1n) is 10.2. The Morgan fingerprint density at radius 2 is 1.97 bits per heavy atom. The van der Waals surface area contributed by atoms with Gasteiger partial charge in [0.15, 0.2) is 5.69 Å². The zero-order valence-corrected chi connectivity index (χ0v) is 18.6. The molecule has 12 heteroatoms. The predicted molar refractivity (Wildman–Crippen MR) is 113 cm³/mol. The van der Waals surface area contributed by atoms with Crippen molar-refractivity contribution >= 4 is 17.7 Å². The number of carbonyl (C=O) groups excluding carboxylic acids is 2. The molecule has 2 heterocycles. The SMILES string of the molecule is CC(C)(C)OC(=O)N1CCO[C@H](c2ccc(NC(=O)c3cnc(C(F)(F)F)cn3)cc2C#N)C1. The molecule has 1 N–H and O–H groups in total. The van der Waals surface area contributed by atoms with Crippen LogP contribution in [0.5, 0.6) is 0 Å². The molecule has 1 aromatic heterocycles. The summed E-state index contributed by atoms with van der Waals surface area (Å²) in [7, 11) is 0. The van der Waals surface area contributed by atoms with Gasteiger partial charge in [-0.15, -0.1) is 0 Å². The van der Waals surface area contributed by atoms with Crippen LogP contribution < -0.4 is 5.32 Å². The Morgan fingerprint density at radius 1 is 1.24 bits per heavy atom. The smallest absolute Gasteiger partial charge is 0.434 e. The first kappa shape index (κ1) is 24.9. The summed E-state index contributed by atoms with van der Waals surface area (Å²) in [6.45, 7) is 6.06. The van der Waals surface area contributed by atoms with Crippen LogP contribution in [-0.2, 0) is 15.7 Å². The van der Waals surface area contributed by atoms with E-state index in [1.165, 1.54) is 17.0 Å². The number of benzene rings is 1. The summed E-state index contributed by atoms with van der Waals surface area (Å²) in [5, 5.41) is 12.1. The third kappa shape index (κ3) is 6.20. The number of carbonyl (C=O) groups is 2. The van der Waals surface area contributed by atoms with Crippen molar-refractivity contribution in [1.82, 2.24) is 14.9 Å². The molecule has 1 fully saturated rings. The average Bonchev–Trinajstić information content (AvgIpc) is 2.77. The zero-order valence-electron chi connectivity index (χ0n) is 18.6. The van der Waals surface area contributed by atoms with Crippen molar-refractivity contribution in [1.29, 1.82) is 5.26 Å². The zero-order chi connectivity index (χ0) is 25.1. The number of ether oxygens (including phenoxy) is 2. The van der Waals surface area contributed by atoms with E-state index in [-0.39, 0.29) is 30.1 Å². The summed E-state index contributed by atoms with van der Waals surface area (Å²) in [4.78, 5) is 32.9. The number of hydrogen-bond donors (Lipinski definition) is 1. The van der Waals surface area contributed by atoms with Crippen molar-refractivity contribution in [2.24, 2.45) is 0 Å². The summed E-state index contributed by atoms with van der Waals surface area (Å²) in [6.07, 6.45) is -4.55. The van der Waals surface area contributed by atoms with Crippen LogP contribution in [0.2, 0.25) is 0 Å². The number of amides is 2. The molecular formula is C22H22F3N5O4. The lowest BCUT2D eigenvalue weighted by molar-refractivity contribution is -0.141. The van der Waals surface area contributed by atoms with Crippen molar-refractivity contribution in [2.45, 2.75) is 38.7 Å². The molecule has 9 nitrogen and oxygen atoms in total. The van der Waals surface area contributed by atoms with Gasteiger partial charge in [-0.25, -0.2) is 14.8 Å². The first-order chi connectivity index (χ1) is 15.9. The lowest BCUT2D eigenvalue weighted by atomic mass is 10.0. The summed E-state index contributed by atoms with van der Waals surface area (Å²) < 4.78 is 49.0. The Kier molecular flexibility index (Phi) is 7.07. The molecular weight excluding hydrogens is 455 g/mol. The summed E-state index contributed by atoms with van der Waals surface area (Å²) >= 11 is 0. The number of halogens is 3. The molecule has 180 valence electrons. The van der Waals surface area contributed by atoms with Gasteiger partial charge in [-0.1, -0.05) is 6.07 Å². The molecule has 0 aliphatic carbocycles. The molecule has 0 unspecified atom stereocenters. The fraction of sp³-hybridized carbons (Fsp3) is 0.409. The fourth-order valence-corrected chi connectivity index (χ4v) is 3.13. The highest BCUT2D eigenvalue weighted by atomic mass is 19.4. The van der Waals surface area contributed by atoms with Crippen LogP contribution in [0.1, 0.15) is 54.2 Å². The van der Waals surface area contributed by atoms with E-state index < -0.39 is 35.6 Å². The van der Waals surface area contributed by atoms with E-state index in [1.54, 1.807) is 26.8 Å². The topological polar surface area (TPSA) is 117 Å². The lowest BCUT2D eigenvalue weighted by Crippen LogP contribution is -2.44. The normalized spacial score (nSPS) is 16.5. The van der Waals surface area contributed by atoms with Crippen LogP contribution in [0.15, 0.2) is 30.6 Å². The molecule has 2 aromatic rings. The number of anilines is 1. The predicted octanol–water partition coefficient (Wildman–Crippen LogP) is 3.93. The molecule has 1 saturated heterocycles. The van der Waals surface area contributed by atoms with Crippen molar-refractivity contribution in [3.63, 3.8) is 0 Å². The highest BCUT2D eigenvalue weighted by Crippen LogP contribution is 2.29. The van der Waals surface area contributed by atoms with Gasteiger partial charge >= 0.3 is 12.3 Å². The largest absolute Gasteiger partial charge is 0.444 e. The molecule has 1 atom stereocenters. The quantitative estimate of drug-likeness (QED) is 0.712. The van der Waals surface area contributed by atoms with Crippen LogP contribution in [0.25, 0.3) is 0 Å². The number of morpholine rings is 1. The minimum atomic E-state index is -4.67. The average molecular weight is 477 g/mol. The highest BCUT2D eigenvalue weighted by molar-refractivity contribution is 6.02. The molecule has 0 bridgehead atoms. The molecule has 2 amide bonds. The highest BCUT2D eigenvalue weighted by Gasteiger charge is 2.33. The standard InChI is InChI=1S/C22H22F3N5O4/c1-21(2,3)34-20(32)30-6-7-33-17(12-30)15-5-4-14(8-13(15)9-26)29-19(31)16-10-28-18(11-27-16)22(23,24)25/h4-5,8,10-11,17H,6-7,12H2,1-3H3,(H,29,31)/t17-/m0/s1. The van der Waals surface area contributed by atoms with Gasteiger partial charge in [0.1, 0.15) is 17.4 Å². The van der Waals surface area contributed by atoms with Crippen LogP contribution in [0, 0.1) is 11.3 Å². The Labute approximate surface area is 193 Å². The summed E-state index contributed by atoms with van der Waals surface area (Å²) in [6, 6.07) is 6.53. The maximum atomic E-state index is 12.6. The first-order valence-corrected chi connectivity index (χ1v) is 10.2. The monoisotopic (exact) mass is 477 g/mol. The number of alkyl halides is 3. The van der Waals surface area contributed by atoms with Crippen LogP contribution in [-0.4, -0.2) is 52.2 Å². The molecule has 1 aliphatic heterocycles. The second-order valence-electron chi connectivity index (χ2n) is 8.44. The van der Waals surface area contributed by atoms with Gasteiger partial charge in [0.25, 0.3) is 5.91 Å². The Balaban J connectivity index is 1.72. The third-order valence-electron chi connectivity index (χ3n) is 4.67. The van der Waals surface area contributed by atoms with E-state index in [4.69, 9.17) is 9.47 Å². The molecule has 0 radical (unpaired) electrons. The van der Waals surface area contributed by atoms with Gasteiger partial charge in [-0.05, 0) is 32.9 Å². The molecule has 0 saturated carbocycles. The lowest BCUT2D eigenvalue weighted by Gasteiger charge is -2.34. The molecule has 1 aromatic carbocycles. The Hall–Kier alpha value is -3.72. The Bertz CT molecular complexity index is 1110. The van der Waals surface area contributed by atoms with E-state index in [0.717, 1.165) is 6.20 Å². The van der Waals surface area contributed by atoms with E-state index in [0.29, 0.717) is 18.3 Å². The Morgan fingerprint density at radius 3 is 2.56 bits per heavy atom. The van der Waals surface area contributed by atoms with E-state index in [9.17, 15) is 28.0 Å². The van der Waals surface area contributed by atoms with Crippen molar-refractivity contribution in [2.75, 3.05) is 25.0 Å². The maximum Gasteiger partial charge on any atom is 0.434 e. The maximum absolute atomic E-state index is 12.6. The van der Waals surface area contributed by atoms with Gasteiger partial charge in [-0.3, -0.25) is 4.79 Å². The summed E-state index contributed by atoms with van der Waals surface area (Å²) in [5.74, 6) is -0.789. The molecule has 34 heavy (non-hydrogen) atoms. The minimum absolute atomic E-state index is 0.177. The van der Waals surface area contributed by atoms with Gasteiger partial charge in [0, 0.05) is 17.8 Å². The second-order valence-corrected chi connectivity index (χ2v) is 8.44. The minimum Gasteiger partial charge on any atom is -0.444 e. The van der Waals surface area contributed by atoms with Gasteiger partial charge in [0.05, 0.1) is 37.2 Å². The van der Waals surface area contributed by atoms with E-state index in [2.05, 4.69) is 15.3 Å². The molecule has 3 rings (SSSR count). The molecule has 0 spiro atoms. The fourth-order valence-electron chi connectivity index (χ4n) is 3.13. The van der Waals surface area contributed by atoms with E-state index >= 15 is 0 Å². The number of aromatic nitrogens is 2. The van der Waals surface area contributed by atoms with Crippen LogP contribution in [0.4, 0.5) is 23.7 Å². The van der Waals surface area contributed by atoms with Gasteiger partial charge in [0.2, 0.25) is 0 Å². The van der Waals surface area contributed by atoms with Crippen LogP contribution in [0.3, 0.4) is 0 Å². The number of nitriles is 1. The van der Waals surface area contributed by atoms with E-state index in [1.807, 2.05) is 6.07 Å².